The van der Waals surface area contributed by atoms with Crippen LogP contribution in [-0.2, 0) is 24.3 Å². The lowest BCUT2D eigenvalue weighted by Gasteiger charge is -2.22. The second-order valence-corrected chi connectivity index (χ2v) is 9.01. The van der Waals surface area contributed by atoms with E-state index in [1.54, 1.807) is 0 Å². The van der Waals surface area contributed by atoms with E-state index in [0.717, 1.165) is 24.8 Å². The zero-order valence-corrected chi connectivity index (χ0v) is 19.0. The highest BCUT2D eigenvalue weighted by Gasteiger charge is 2.22. The van der Waals surface area contributed by atoms with E-state index in [9.17, 15) is 22.8 Å². The summed E-state index contributed by atoms with van der Waals surface area (Å²) in [6.45, 7) is -0.620. The number of carbonyl (C=O) groups excluding carboxylic acids is 3. The predicted octanol–water partition coefficient (Wildman–Crippen LogP) is 2.97. The Morgan fingerprint density at radius 3 is 1.81 bits per heavy atom. The van der Waals surface area contributed by atoms with Gasteiger partial charge >= 0.3 is 11.9 Å². The van der Waals surface area contributed by atoms with Gasteiger partial charge in [-0.25, -0.2) is 18.0 Å². The minimum atomic E-state index is -3.88. The summed E-state index contributed by atoms with van der Waals surface area (Å²) in [5, 5.41) is 2.83. The maximum absolute atomic E-state index is 12.6. The average Bonchev–Trinajstić information content (AvgIpc) is 2.68. The highest BCUT2D eigenvalue weighted by molar-refractivity contribution is 7.92. The molecule has 0 radical (unpaired) electrons. The molecule has 0 atom stereocenters. The quantitative estimate of drug-likeness (QED) is 0.594. The van der Waals surface area contributed by atoms with Gasteiger partial charge in [-0.05, 0) is 36.4 Å². The highest BCUT2D eigenvalue weighted by Crippen LogP contribution is 2.27. The van der Waals surface area contributed by atoms with Crippen LogP contribution in [0.15, 0.2) is 36.4 Å². The van der Waals surface area contributed by atoms with Crippen LogP contribution in [0.2, 0.25) is 10.0 Å². The average molecular weight is 489 g/mol. The summed E-state index contributed by atoms with van der Waals surface area (Å²) >= 11 is 11.9. The summed E-state index contributed by atoms with van der Waals surface area (Å²) in [4.78, 5) is 36.3. The molecule has 0 aliphatic heterocycles. The molecule has 2 rings (SSSR count). The fourth-order valence-corrected chi connectivity index (χ4v) is 3.94. The lowest BCUT2D eigenvalue weighted by Crippen LogP contribution is -2.37. The van der Waals surface area contributed by atoms with Gasteiger partial charge in [-0.1, -0.05) is 23.2 Å². The van der Waals surface area contributed by atoms with E-state index < -0.39 is 34.4 Å². The van der Waals surface area contributed by atoms with E-state index in [4.69, 9.17) is 23.2 Å². The first kappa shape index (κ1) is 24.4. The van der Waals surface area contributed by atoms with E-state index in [-0.39, 0.29) is 32.5 Å². The second-order valence-electron chi connectivity index (χ2n) is 6.23. The largest absolute Gasteiger partial charge is 0.465 e. The van der Waals surface area contributed by atoms with Gasteiger partial charge in [0.05, 0.1) is 37.3 Å². The van der Waals surface area contributed by atoms with Crippen molar-refractivity contribution in [3.8, 4) is 0 Å². The van der Waals surface area contributed by atoms with Crippen molar-refractivity contribution in [2.75, 3.05) is 36.6 Å². The van der Waals surface area contributed by atoms with Crippen molar-refractivity contribution in [3.05, 3.63) is 57.6 Å². The molecule has 1 N–H and O–H groups in total. The van der Waals surface area contributed by atoms with Crippen LogP contribution >= 0.6 is 23.2 Å². The fourth-order valence-electron chi connectivity index (χ4n) is 2.59. The van der Waals surface area contributed by atoms with E-state index in [2.05, 4.69) is 14.8 Å². The Morgan fingerprint density at radius 2 is 1.39 bits per heavy atom. The van der Waals surface area contributed by atoms with Gasteiger partial charge in [0, 0.05) is 15.7 Å². The molecule has 0 aromatic heterocycles. The Kier molecular flexibility index (Phi) is 7.88. The zero-order valence-electron chi connectivity index (χ0n) is 16.6. The lowest BCUT2D eigenvalue weighted by atomic mass is 10.1. The number of anilines is 2. The molecule has 0 fully saturated rings. The molecule has 1 amide bonds. The van der Waals surface area contributed by atoms with Crippen LogP contribution in [0.5, 0.6) is 0 Å². The minimum Gasteiger partial charge on any atom is -0.465 e. The molecule has 166 valence electrons. The topological polar surface area (TPSA) is 119 Å². The summed E-state index contributed by atoms with van der Waals surface area (Å²) in [5.74, 6) is -2.24. The van der Waals surface area contributed by atoms with Crippen LogP contribution in [0.4, 0.5) is 11.4 Å². The van der Waals surface area contributed by atoms with E-state index in [0.29, 0.717) is 0 Å². The Labute approximate surface area is 188 Å². The normalized spacial score (nSPS) is 10.9. The third-order valence-corrected chi connectivity index (χ3v) is 5.46. The van der Waals surface area contributed by atoms with E-state index >= 15 is 0 Å². The van der Waals surface area contributed by atoms with Crippen molar-refractivity contribution >= 4 is 62.4 Å². The molecule has 0 unspecified atom stereocenters. The highest BCUT2D eigenvalue weighted by atomic mass is 35.5. The smallest absolute Gasteiger partial charge is 0.337 e. The minimum absolute atomic E-state index is 0.0118. The van der Waals surface area contributed by atoms with E-state index in [1.807, 2.05) is 0 Å². The molecular formula is C19H18Cl2N2O7S. The number of nitrogens with one attached hydrogen (secondary N) is 1. The molecule has 31 heavy (non-hydrogen) atoms. The Balaban J connectivity index is 2.36. The number of ether oxygens (including phenoxy) is 2. The van der Waals surface area contributed by atoms with Crippen LogP contribution in [0, 0.1) is 0 Å². The van der Waals surface area contributed by atoms with Crippen LogP contribution in [0.3, 0.4) is 0 Å². The molecule has 9 nitrogen and oxygen atoms in total. The maximum Gasteiger partial charge on any atom is 0.337 e. The molecule has 2 aromatic rings. The van der Waals surface area contributed by atoms with Crippen molar-refractivity contribution < 1.29 is 32.3 Å². The fraction of sp³-hybridized carbons (Fsp3) is 0.211. The molecule has 0 bridgehead atoms. The van der Waals surface area contributed by atoms with E-state index in [1.165, 1.54) is 36.4 Å². The standard InChI is InChI=1S/C19H18Cl2N2O7S/c1-29-18(25)11-4-12(19(26)30-2)6-15(5-11)22-17(24)10-23(31(3,27)28)16-8-13(20)7-14(21)9-16/h4-9H,10H2,1-3H3,(H,22,24). The number of benzene rings is 2. The van der Waals surface area contributed by atoms with Gasteiger partial charge in [0.2, 0.25) is 15.9 Å². The summed E-state index contributed by atoms with van der Waals surface area (Å²) in [7, 11) is -1.57. The van der Waals surface area contributed by atoms with Gasteiger partial charge in [0.15, 0.2) is 0 Å². The van der Waals surface area contributed by atoms with Crippen LogP contribution in [-0.4, -0.2) is 53.3 Å². The number of methoxy groups -OCH3 is 2. The third-order valence-electron chi connectivity index (χ3n) is 3.88. The predicted molar refractivity (Wildman–Crippen MR) is 116 cm³/mol. The van der Waals surface area contributed by atoms with Gasteiger partial charge in [-0.3, -0.25) is 9.10 Å². The van der Waals surface area contributed by atoms with Gasteiger partial charge in [-0.15, -0.1) is 0 Å². The number of esters is 2. The van der Waals surface area contributed by atoms with Gasteiger partial charge in [-0.2, -0.15) is 0 Å². The van der Waals surface area contributed by atoms with Crippen LogP contribution in [0.1, 0.15) is 20.7 Å². The first-order chi connectivity index (χ1) is 14.4. The maximum atomic E-state index is 12.6. The third kappa shape index (κ3) is 6.58. The SMILES string of the molecule is COC(=O)c1cc(NC(=O)CN(c2cc(Cl)cc(Cl)c2)S(C)(=O)=O)cc(C(=O)OC)c1. The number of carbonyl (C=O) groups is 3. The Morgan fingerprint density at radius 1 is 0.903 bits per heavy atom. The lowest BCUT2D eigenvalue weighted by molar-refractivity contribution is -0.114. The van der Waals surface area contributed by atoms with Crippen LogP contribution in [0.25, 0.3) is 0 Å². The summed E-state index contributed by atoms with van der Waals surface area (Å²) in [6, 6.07) is 7.89. The molecule has 0 heterocycles. The van der Waals surface area contributed by atoms with Gasteiger partial charge in [0.1, 0.15) is 6.54 Å². The first-order valence-electron chi connectivity index (χ1n) is 8.50. The number of sulfonamides is 1. The molecule has 0 aliphatic carbocycles. The summed E-state index contributed by atoms with van der Waals surface area (Å²) in [5.41, 5.74) is 0.129. The van der Waals surface area contributed by atoms with Crippen molar-refractivity contribution in [3.63, 3.8) is 0 Å². The molecule has 0 saturated carbocycles. The molecule has 12 heteroatoms. The molecule has 0 saturated heterocycles. The Hall–Kier alpha value is -2.82. The van der Waals surface area contributed by atoms with Gasteiger partial charge < -0.3 is 14.8 Å². The molecular weight excluding hydrogens is 471 g/mol. The number of nitrogens with zero attached hydrogens (tertiary/aromatic N) is 1. The van der Waals surface area contributed by atoms with Crippen molar-refractivity contribution in [2.45, 2.75) is 0 Å². The first-order valence-corrected chi connectivity index (χ1v) is 11.1. The second kappa shape index (κ2) is 9.99. The molecule has 0 spiro atoms. The zero-order chi connectivity index (χ0) is 23.3. The van der Waals surface area contributed by atoms with Crippen molar-refractivity contribution in [1.82, 2.24) is 0 Å². The summed E-state index contributed by atoms with van der Waals surface area (Å²) in [6.07, 6.45) is 0.919. The number of hydrogen-bond donors (Lipinski definition) is 1. The Bertz CT molecular complexity index is 1080. The molecule has 2 aromatic carbocycles. The van der Waals surface area contributed by atoms with Crippen molar-refractivity contribution in [1.29, 1.82) is 0 Å². The molecule has 0 aliphatic rings. The number of hydrogen-bond acceptors (Lipinski definition) is 7. The van der Waals surface area contributed by atoms with Gasteiger partial charge in [0.25, 0.3) is 0 Å². The number of halogens is 2. The van der Waals surface area contributed by atoms with Crippen molar-refractivity contribution in [2.24, 2.45) is 0 Å². The monoisotopic (exact) mass is 488 g/mol. The van der Waals surface area contributed by atoms with Crippen LogP contribution < -0.4 is 9.62 Å². The summed E-state index contributed by atoms with van der Waals surface area (Å²) < 4.78 is 34.6. The number of amides is 1. The number of rotatable bonds is 7.